The smallest absolute Gasteiger partial charge is 0.280 e. The molecule has 0 aliphatic rings. The van der Waals surface area contributed by atoms with E-state index in [9.17, 15) is 14.9 Å². The number of rotatable bonds is 3. The number of nitrogens with zero attached hydrogens (tertiary/aromatic N) is 1. The summed E-state index contributed by atoms with van der Waals surface area (Å²) in [5.41, 5.74) is 3.87. The first-order valence-corrected chi connectivity index (χ1v) is 5.84. The van der Waals surface area contributed by atoms with Crippen LogP contribution >= 0.6 is 0 Å². The number of aldehydes is 1. The number of carbonyl (C=O) groups is 1. The third-order valence-corrected chi connectivity index (χ3v) is 3.19. The minimum Gasteiger partial charge on any atom is -0.298 e. The standard InChI is InChI=1S/C15H13NO3/c1-10-3-4-12(7-11(10)2)13-5-6-14(9-17)15(8-13)16(18)19/h3-9H,1-2H3. The van der Waals surface area contributed by atoms with Gasteiger partial charge in [-0.25, -0.2) is 0 Å². The SMILES string of the molecule is Cc1ccc(-c2ccc(C=O)c([N+](=O)[O-])c2)cc1C. The summed E-state index contributed by atoms with van der Waals surface area (Å²) < 4.78 is 0. The number of benzene rings is 2. The zero-order chi connectivity index (χ0) is 14.0. The van der Waals surface area contributed by atoms with Crippen LogP contribution in [0.25, 0.3) is 11.1 Å². The molecule has 2 aromatic rings. The molecule has 0 spiro atoms. The number of nitro benzene ring substituents is 1. The lowest BCUT2D eigenvalue weighted by molar-refractivity contribution is -0.385. The van der Waals surface area contributed by atoms with Gasteiger partial charge in [-0.3, -0.25) is 14.9 Å². The minimum absolute atomic E-state index is 0.0950. The molecule has 0 bridgehead atoms. The lowest BCUT2D eigenvalue weighted by Gasteiger charge is -2.06. The topological polar surface area (TPSA) is 60.2 Å². The van der Waals surface area contributed by atoms with Gasteiger partial charge in [0.2, 0.25) is 0 Å². The van der Waals surface area contributed by atoms with Gasteiger partial charge in [-0.2, -0.15) is 0 Å². The van der Waals surface area contributed by atoms with Crippen LogP contribution in [0.1, 0.15) is 21.5 Å². The molecular weight excluding hydrogens is 242 g/mol. The lowest BCUT2D eigenvalue weighted by Crippen LogP contribution is -1.95. The van der Waals surface area contributed by atoms with Gasteiger partial charge in [0.25, 0.3) is 5.69 Å². The summed E-state index contributed by atoms with van der Waals surface area (Å²) in [6, 6.07) is 10.5. The average Bonchev–Trinajstić information content (AvgIpc) is 2.41. The average molecular weight is 255 g/mol. The fourth-order valence-electron chi connectivity index (χ4n) is 1.90. The molecule has 0 aromatic heterocycles. The zero-order valence-electron chi connectivity index (χ0n) is 10.7. The van der Waals surface area contributed by atoms with Crippen molar-refractivity contribution in [3.05, 3.63) is 63.2 Å². The van der Waals surface area contributed by atoms with Crippen LogP contribution in [0.3, 0.4) is 0 Å². The number of hydrogen-bond acceptors (Lipinski definition) is 3. The molecule has 0 unspecified atom stereocenters. The van der Waals surface area contributed by atoms with Gasteiger partial charge in [0, 0.05) is 6.07 Å². The van der Waals surface area contributed by atoms with E-state index in [0.717, 1.165) is 16.7 Å². The van der Waals surface area contributed by atoms with E-state index in [2.05, 4.69) is 0 Å². The molecule has 0 atom stereocenters. The van der Waals surface area contributed by atoms with Crippen molar-refractivity contribution in [1.29, 1.82) is 0 Å². The van der Waals surface area contributed by atoms with Crippen molar-refractivity contribution < 1.29 is 9.72 Å². The maximum atomic E-state index is 10.9. The van der Waals surface area contributed by atoms with Crippen molar-refractivity contribution in [1.82, 2.24) is 0 Å². The monoisotopic (exact) mass is 255 g/mol. The molecular formula is C15H13NO3. The first-order chi connectivity index (χ1) is 9.02. The maximum absolute atomic E-state index is 10.9. The Morgan fingerprint density at radius 2 is 1.63 bits per heavy atom. The first kappa shape index (κ1) is 13.0. The highest BCUT2D eigenvalue weighted by molar-refractivity contribution is 5.84. The highest BCUT2D eigenvalue weighted by Gasteiger charge is 2.14. The van der Waals surface area contributed by atoms with E-state index in [1.807, 2.05) is 32.0 Å². The second-order valence-electron chi connectivity index (χ2n) is 4.45. The molecule has 0 heterocycles. The quantitative estimate of drug-likeness (QED) is 0.477. The van der Waals surface area contributed by atoms with E-state index < -0.39 is 4.92 Å². The largest absolute Gasteiger partial charge is 0.298 e. The van der Waals surface area contributed by atoms with Gasteiger partial charge in [-0.05, 0) is 42.2 Å². The van der Waals surface area contributed by atoms with Gasteiger partial charge in [-0.1, -0.05) is 24.3 Å². The predicted octanol–water partition coefficient (Wildman–Crippen LogP) is 3.69. The number of nitro groups is 1. The van der Waals surface area contributed by atoms with Gasteiger partial charge in [0.05, 0.1) is 10.5 Å². The summed E-state index contributed by atoms with van der Waals surface area (Å²) in [5.74, 6) is 0. The lowest BCUT2D eigenvalue weighted by atomic mass is 9.99. The molecule has 2 rings (SSSR count). The molecule has 2 aromatic carbocycles. The molecule has 0 fully saturated rings. The van der Waals surface area contributed by atoms with Crippen LogP contribution in [0, 0.1) is 24.0 Å². The van der Waals surface area contributed by atoms with Crippen LogP contribution in [0.2, 0.25) is 0 Å². The van der Waals surface area contributed by atoms with Crippen LogP contribution < -0.4 is 0 Å². The second-order valence-corrected chi connectivity index (χ2v) is 4.45. The molecule has 19 heavy (non-hydrogen) atoms. The third kappa shape index (κ3) is 2.52. The molecule has 4 nitrogen and oxygen atoms in total. The van der Waals surface area contributed by atoms with Crippen LogP contribution in [0.4, 0.5) is 5.69 Å². The number of aryl methyl sites for hydroxylation is 2. The number of carbonyl (C=O) groups excluding carboxylic acids is 1. The molecule has 0 saturated carbocycles. The first-order valence-electron chi connectivity index (χ1n) is 5.84. The zero-order valence-corrected chi connectivity index (χ0v) is 10.7. The number of hydrogen-bond donors (Lipinski definition) is 0. The highest BCUT2D eigenvalue weighted by Crippen LogP contribution is 2.27. The predicted molar refractivity (Wildman–Crippen MR) is 73.4 cm³/mol. The van der Waals surface area contributed by atoms with E-state index in [-0.39, 0.29) is 11.3 Å². The van der Waals surface area contributed by atoms with Crippen LogP contribution in [-0.2, 0) is 0 Å². The summed E-state index contributed by atoms with van der Waals surface area (Å²) in [6.07, 6.45) is 0.502. The van der Waals surface area contributed by atoms with Gasteiger partial charge in [0.1, 0.15) is 0 Å². The van der Waals surface area contributed by atoms with Crippen molar-refractivity contribution in [2.75, 3.05) is 0 Å². The fourth-order valence-corrected chi connectivity index (χ4v) is 1.90. The molecule has 0 aliphatic heterocycles. The highest BCUT2D eigenvalue weighted by atomic mass is 16.6. The Bertz CT molecular complexity index is 662. The molecule has 0 saturated heterocycles. The van der Waals surface area contributed by atoms with Crippen molar-refractivity contribution in [2.45, 2.75) is 13.8 Å². The molecule has 96 valence electrons. The van der Waals surface area contributed by atoms with Crippen molar-refractivity contribution in [3.63, 3.8) is 0 Å². The normalized spacial score (nSPS) is 10.2. The Morgan fingerprint density at radius 3 is 2.21 bits per heavy atom. The Morgan fingerprint density at radius 1 is 1.00 bits per heavy atom. The fraction of sp³-hybridized carbons (Fsp3) is 0.133. The third-order valence-electron chi connectivity index (χ3n) is 3.19. The van der Waals surface area contributed by atoms with Crippen LogP contribution in [0.5, 0.6) is 0 Å². The second kappa shape index (κ2) is 5.02. The van der Waals surface area contributed by atoms with Gasteiger partial charge < -0.3 is 0 Å². The summed E-state index contributed by atoms with van der Waals surface area (Å²) >= 11 is 0. The van der Waals surface area contributed by atoms with E-state index >= 15 is 0 Å². The minimum atomic E-state index is -0.533. The van der Waals surface area contributed by atoms with E-state index in [4.69, 9.17) is 0 Å². The molecule has 0 aliphatic carbocycles. The Hall–Kier alpha value is -2.49. The summed E-state index contributed by atoms with van der Waals surface area (Å²) in [7, 11) is 0. The molecule has 0 radical (unpaired) electrons. The van der Waals surface area contributed by atoms with Crippen molar-refractivity contribution in [2.24, 2.45) is 0 Å². The summed E-state index contributed by atoms with van der Waals surface area (Å²) in [6.45, 7) is 4.00. The van der Waals surface area contributed by atoms with E-state index in [1.165, 1.54) is 17.7 Å². The Kier molecular flexibility index (Phi) is 3.42. The Labute approximate surface area is 110 Å². The van der Waals surface area contributed by atoms with E-state index in [1.54, 1.807) is 6.07 Å². The van der Waals surface area contributed by atoms with E-state index in [0.29, 0.717) is 6.29 Å². The van der Waals surface area contributed by atoms with Crippen molar-refractivity contribution >= 4 is 12.0 Å². The summed E-state index contributed by atoms with van der Waals surface area (Å²) in [5, 5.41) is 10.9. The van der Waals surface area contributed by atoms with Crippen LogP contribution in [-0.4, -0.2) is 11.2 Å². The Balaban J connectivity index is 2.56. The van der Waals surface area contributed by atoms with Gasteiger partial charge >= 0.3 is 0 Å². The molecule has 0 amide bonds. The molecule has 4 heteroatoms. The van der Waals surface area contributed by atoms with Crippen LogP contribution in [0.15, 0.2) is 36.4 Å². The van der Waals surface area contributed by atoms with Gasteiger partial charge in [0.15, 0.2) is 6.29 Å². The van der Waals surface area contributed by atoms with Gasteiger partial charge in [-0.15, -0.1) is 0 Å². The van der Waals surface area contributed by atoms with Crippen molar-refractivity contribution in [3.8, 4) is 11.1 Å². The maximum Gasteiger partial charge on any atom is 0.280 e. The molecule has 0 N–H and O–H groups in total. The summed E-state index contributed by atoms with van der Waals surface area (Å²) in [4.78, 5) is 21.2.